The van der Waals surface area contributed by atoms with Crippen LogP contribution in [-0.4, -0.2) is 17.2 Å². The molecular weight excluding hydrogens is 404 g/mol. The fourth-order valence-corrected chi connectivity index (χ4v) is 5.10. The van der Waals surface area contributed by atoms with Gasteiger partial charge < -0.3 is 14.3 Å². The predicted molar refractivity (Wildman–Crippen MR) is 121 cm³/mol. The van der Waals surface area contributed by atoms with Gasteiger partial charge in [0.1, 0.15) is 23.2 Å². The van der Waals surface area contributed by atoms with Crippen LogP contribution in [0, 0.1) is 11.8 Å². The van der Waals surface area contributed by atoms with Crippen LogP contribution >= 0.6 is 0 Å². The second kappa shape index (κ2) is 7.09. The summed E-state index contributed by atoms with van der Waals surface area (Å²) < 4.78 is 11.9. The molecule has 5 heteroatoms. The fraction of sp³-hybridized carbons (Fsp3) is 0.185. The molecule has 6 rings (SSSR count). The van der Waals surface area contributed by atoms with Gasteiger partial charge in [0.25, 0.3) is 0 Å². The molecule has 5 nitrogen and oxygen atoms in total. The summed E-state index contributed by atoms with van der Waals surface area (Å²) in [6.45, 7) is 0. The van der Waals surface area contributed by atoms with Crippen molar-refractivity contribution in [2.75, 3.05) is 0 Å². The van der Waals surface area contributed by atoms with Crippen molar-refractivity contribution in [3.05, 3.63) is 88.6 Å². The zero-order valence-electron chi connectivity index (χ0n) is 17.2. The van der Waals surface area contributed by atoms with Gasteiger partial charge in [0, 0.05) is 34.6 Å². The Balaban J connectivity index is 1.53. The third-order valence-electron chi connectivity index (χ3n) is 6.57. The van der Waals surface area contributed by atoms with Crippen molar-refractivity contribution in [3.63, 3.8) is 0 Å². The van der Waals surface area contributed by atoms with Crippen molar-refractivity contribution in [3.8, 4) is 28.2 Å². The van der Waals surface area contributed by atoms with Gasteiger partial charge in [0.2, 0.25) is 0 Å². The molecule has 3 unspecified atom stereocenters. The lowest BCUT2D eigenvalue weighted by molar-refractivity contribution is 0.0243. The molecule has 3 aliphatic carbocycles. The number of ether oxygens (including phenoxy) is 1. The molecule has 2 aromatic rings. The Hall–Kier alpha value is -3.86. The predicted octanol–water partition coefficient (Wildman–Crippen LogP) is 5.39. The quantitative estimate of drug-likeness (QED) is 0.271. The SMILES string of the molecule is O=C(OC1CC2C=CC1C2)c1ccccc1-c1c2ccc(=O)cc-2oc2cc(O)ccc12. The Bertz CT molecular complexity index is 1430. The monoisotopic (exact) mass is 424 g/mol. The molecule has 1 fully saturated rings. The van der Waals surface area contributed by atoms with E-state index in [9.17, 15) is 14.7 Å². The Morgan fingerprint density at radius 1 is 0.969 bits per heavy atom. The largest absolute Gasteiger partial charge is 0.508 e. The van der Waals surface area contributed by atoms with Gasteiger partial charge in [-0.25, -0.2) is 4.79 Å². The normalized spacial score (nSPS) is 21.4. The Morgan fingerprint density at radius 3 is 2.66 bits per heavy atom. The zero-order chi connectivity index (χ0) is 21.8. The summed E-state index contributed by atoms with van der Waals surface area (Å²) in [6.07, 6.45) is 6.20. The van der Waals surface area contributed by atoms with E-state index < -0.39 is 0 Å². The molecule has 158 valence electrons. The van der Waals surface area contributed by atoms with E-state index in [1.807, 2.05) is 18.2 Å². The second-order valence-electron chi connectivity index (χ2n) is 8.59. The van der Waals surface area contributed by atoms with Crippen LogP contribution in [-0.2, 0) is 4.74 Å². The van der Waals surface area contributed by atoms with E-state index in [0.29, 0.717) is 39.9 Å². The van der Waals surface area contributed by atoms with Crippen LogP contribution in [0.25, 0.3) is 33.4 Å². The summed E-state index contributed by atoms with van der Waals surface area (Å²) in [7, 11) is 0. The summed E-state index contributed by atoms with van der Waals surface area (Å²) in [5, 5.41) is 10.7. The number of hydrogen-bond donors (Lipinski definition) is 1. The lowest BCUT2D eigenvalue weighted by Gasteiger charge is -2.21. The number of hydrogen-bond acceptors (Lipinski definition) is 5. The van der Waals surface area contributed by atoms with Gasteiger partial charge in [0.05, 0.1) is 5.56 Å². The number of benzene rings is 3. The number of allylic oxidation sites excluding steroid dienone is 1. The first kappa shape index (κ1) is 18.9. The molecule has 1 N–H and O–H groups in total. The van der Waals surface area contributed by atoms with Gasteiger partial charge in [-0.3, -0.25) is 4.79 Å². The van der Waals surface area contributed by atoms with Crippen LogP contribution in [0.3, 0.4) is 0 Å². The third kappa shape index (κ3) is 3.01. The van der Waals surface area contributed by atoms with Gasteiger partial charge in [-0.1, -0.05) is 30.4 Å². The maximum atomic E-state index is 13.3. The number of aromatic hydroxyl groups is 1. The molecule has 2 bridgehead atoms. The highest BCUT2D eigenvalue weighted by molar-refractivity contribution is 6.07. The van der Waals surface area contributed by atoms with Gasteiger partial charge >= 0.3 is 5.97 Å². The van der Waals surface area contributed by atoms with Crippen molar-refractivity contribution in [2.24, 2.45) is 11.8 Å². The van der Waals surface area contributed by atoms with Crippen molar-refractivity contribution in [2.45, 2.75) is 18.9 Å². The minimum absolute atomic E-state index is 0.0573. The highest BCUT2D eigenvalue weighted by Crippen LogP contribution is 2.43. The first-order valence-corrected chi connectivity index (χ1v) is 10.7. The van der Waals surface area contributed by atoms with Crippen molar-refractivity contribution >= 4 is 16.9 Å². The lowest BCUT2D eigenvalue weighted by atomic mass is 9.90. The number of carbonyl (C=O) groups excluding carboxylic acids is 1. The maximum absolute atomic E-state index is 13.3. The molecule has 0 saturated heterocycles. The first-order valence-electron chi connectivity index (χ1n) is 10.7. The summed E-state index contributed by atoms with van der Waals surface area (Å²) in [4.78, 5) is 25.3. The molecule has 0 amide bonds. The minimum atomic E-state index is -0.354. The molecule has 0 spiro atoms. The molecule has 1 heterocycles. The van der Waals surface area contributed by atoms with Gasteiger partial charge in [-0.15, -0.1) is 0 Å². The number of fused-ring (bicyclic) bond motifs is 4. The number of phenolic OH excluding ortho intramolecular Hbond substituents is 1. The standard InChI is InChI=1S/C27H20O5/c28-17-7-9-21-24(13-17)31-25-14-18(29)8-10-22(25)26(21)19-3-1-2-4-20(19)27(30)32-23-12-15-5-6-16(23)11-15/h1-10,13-16,23,28H,11-12H2. The molecule has 3 atom stereocenters. The van der Waals surface area contributed by atoms with E-state index in [4.69, 9.17) is 9.15 Å². The van der Waals surface area contributed by atoms with Crippen LogP contribution < -0.4 is 5.43 Å². The van der Waals surface area contributed by atoms with Crippen LogP contribution in [0.1, 0.15) is 23.2 Å². The van der Waals surface area contributed by atoms with E-state index in [1.54, 1.807) is 24.3 Å². The number of esters is 1. The van der Waals surface area contributed by atoms with Crippen LogP contribution in [0.4, 0.5) is 0 Å². The summed E-state index contributed by atoms with van der Waals surface area (Å²) in [6, 6.07) is 16.8. The maximum Gasteiger partial charge on any atom is 0.339 e. The Kier molecular flexibility index (Phi) is 4.18. The molecular formula is C27H20O5. The Labute approximate surface area is 183 Å². The van der Waals surface area contributed by atoms with Gasteiger partial charge in [0.15, 0.2) is 5.43 Å². The average molecular weight is 424 g/mol. The van der Waals surface area contributed by atoms with Crippen LogP contribution in [0.15, 0.2) is 82.0 Å². The van der Waals surface area contributed by atoms with Gasteiger partial charge in [-0.05, 0) is 54.7 Å². The molecule has 0 radical (unpaired) electrons. The van der Waals surface area contributed by atoms with Crippen LogP contribution in [0.2, 0.25) is 0 Å². The van der Waals surface area contributed by atoms with Crippen molar-refractivity contribution in [1.82, 2.24) is 0 Å². The molecule has 1 saturated carbocycles. The highest BCUT2D eigenvalue weighted by Gasteiger charge is 2.38. The average Bonchev–Trinajstić information content (AvgIpc) is 3.40. The summed E-state index contributed by atoms with van der Waals surface area (Å²) in [5.74, 6) is 0.902. The molecule has 0 aromatic heterocycles. The molecule has 4 aliphatic rings. The number of carbonyl (C=O) groups is 1. The topological polar surface area (TPSA) is 76.7 Å². The van der Waals surface area contributed by atoms with Crippen LogP contribution in [0.5, 0.6) is 5.75 Å². The zero-order valence-corrected chi connectivity index (χ0v) is 17.2. The van der Waals surface area contributed by atoms with E-state index in [0.717, 1.165) is 23.8 Å². The summed E-state index contributed by atoms with van der Waals surface area (Å²) in [5.41, 5.74) is 2.90. The second-order valence-corrected chi connectivity index (χ2v) is 8.59. The van der Waals surface area contributed by atoms with Crippen molar-refractivity contribution < 1.29 is 19.1 Å². The Morgan fingerprint density at radius 2 is 1.84 bits per heavy atom. The van der Waals surface area contributed by atoms with E-state index in [2.05, 4.69) is 12.2 Å². The smallest absolute Gasteiger partial charge is 0.339 e. The lowest BCUT2D eigenvalue weighted by Crippen LogP contribution is -2.22. The van der Waals surface area contributed by atoms with E-state index in [-0.39, 0.29) is 23.3 Å². The third-order valence-corrected chi connectivity index (χ3v) is 6.57. The van der Waals surface area contributed by atoms with Gasteiger partial charge in [-0.2, -0.15) is 0 Å². The fourth-order valence-electron chi connectivity index (χ4n) is 5.10. The molecule has 32 heavy (non-hydrogen) atoms. The van der Waals surface area contributed by atoms with E-state index >= 15 is 0 Å². The first-order chi connectivity index (χ1) is 15.6. The summed E-state index contributed by atoms with van der Waals surface area (Å²) >= 11 is 0. The molecule has 2 aromatic carbocycles. The van der Waals surface area contributed by atoms with Crippen molar-refractivity contribution in [1.29, 1.82) is 0 Å². The number of rotatable bonds is 3. The molecule has 1 aliphatic heterocycles. The van der Waals surface area contributed by atoms with E-state index in [1.165, 1.54) is 18.2 Å². The highest BCUT2D eigenvalue weighted by atomic mass is 16.5. The number of phenols is 1. The minimum Gasteiger partial charge on any atom is -0.508 e.